The Balaban J connectivity index is 2.23. The Labute approximate surface area is 127 Å². The van der Waals surface area contributed by atoms with Gasteiger partial charge in [-0.15, -0.1) is 0 Å². The quantitative estimate of drug-likeness (QED) is 0.793. The molecule has 0 spiro atoms. The van der Waals surface area contributed by atoms with Crippen LogP contribution in [0, 0.1) is 6.92 Å². The molecule has 1 unspecified atom stereocenters. The summed E-state index contributed by atoms with van der Waals surface area (Å²) < 4.78 is 0. The summed E-state index contributed by atoms with van der Waals surface area (Å²) in [6, 6.07) is 18.2. The standard InChI is InChI=1S/C19H23NO/c1-4-16(3)20(14-17-8-6-5-7-9-17)19(21)18-12-10-15(2)11-13-18/h5-13,16H,4,14H2,1-3H3. The molecular formula is C19H23NO. The first kappa shape index (κ1) is 15.3. The molecule has 0 fully saturated rings. The monoisotopic (exact) mass is 281 g/mol. The Morgan fingerprint density at radius 3 is 2.24 bits per heavy atom. The Bertz CT molecular complexity index is 574. The van der Waals surface area contributed by atoms with Crippen LogP contribution in [0.1, 0.15) is 41.8 Å². The molecular weight excluding hydrogens is 258 g/mol. The van der Waals surface area contributed by atoms with E-state index in [-0.39, 0.29) is 11.9 Å². The molecule has 110 valence electrons. The van der Waals surface area contributed by atoms with Crippen LogP contribution >= 0.6 is 0 Å². The molecule has 0 radical (unpaired) electrons. The van der Waals surface area contributed by atoms with Crippen LogP contribution in [0.4, 0.5) is 0 Å². The van der Waals surface area contributed by atoms with Gasteiger partial charge in [-0.05, 0) is 38.0 Å². The van der Waals surface area contributed by atoms with Crippen LogP contribution in [-0.4, -0.2) is 16.8 Å². The van der Waals surface area contributed by atoms with Crippen molar-refractivity contribution in [1.29, 1.82) is 0 Å². The lowest BCUT2D eigenvalue weighted by atomic mass is 10.1. The molecule has 2 aromatic carbocycles. The molecule has 2 heteroatoms. The van der Waals surface area contributed by atoms with Gasteiger partial charge in [0.1, 0.15) is 0 Å². The number of rotatable bonds is 5. The second-order valence-corrected chi connectivity index (χ2v) is 5.54. The van der Waals surface area contributed by atoms with Gasteiger partial charge in [-0.2, -0.15) is 0 Å². The fraction of sp³-hybridized carbons (Fsp3) is 0.316. The fourth-order valence-corrected chi connectivity index (χ4v) is 2.29. The number of aryl methyl sites for hydroxylation is 1. The van der Waals surface area contributed by atoms with Crippen LogP contribution in [0.25, 0.3) is 0 Å². The van der Waals surface area contributed by atoms with Crippen molar-refractivity contribution < 1.29 is 4.79 Å². The highest BCUT2D eigenvalue weighted by Gasteiger charge is 2.20. The number of hydrogen-bond acceptors (Lipinski definition) is 1. The molecule has 0 bridgehead atoms. The average Bonchev–Trinajstić information content (AvgIpc) is 2.53. The van der Waals surface area contributed by atoms with Crippen LogP contribution in [-0.2, 0) is 6.54 Å². The van der Waals surface area contributed by atoms with Gasteiger partial charge in [0, 0.05) is 18.2 Å². The van der Waals surface area contributed by atoms with Crippen LogP contribution in [0.5, 0.6) is 0 Å². The number of amides is 1. The van der Waals surface area contributed by atoms with E-state index in [1.54, 1.807) is 0 Å². The van der Waals surface area contributed by atoms with Crippen molar-refractivity contribution in [2.24, 2.45) is 0 Å². The lowest BCUT2D eigenvalue weighted by molar-refractivity contribution is 0.0671. The van der Waals surface area contributed by atoms with E-state index in [4.69, 9.17) is 0 Å². The van der Waals surface area contributed by atoms with Gasteiger partial charge in [0.25, 0.3) is 5.91 Å². The molecule has 1 atom stereocenters. The maximum Gasteiger partial charge on any atom is 0.254 e. The number of carbonyl (C=O) groups excluding carboxylic acids is 1. The van der Waals surface area contributed by atoms with Crippen molar-refractivity contribution in [3.63, 3.8) is 0 Å². The van der Waals surface area contributed by atoms with Crippen molar-refractivity contribution in [3.8, 4) is 0 Å². The summed E-state index contributed by atoms with van der Waals surface area (Å²) in [4.78, 5) is 14.7. The molecule has 2 aromatic rings. The highest BCUT2D eigenvalue weighted by Crippen LogP contribution is 2.15. The third kappa shape index (κ3) is 3.94. The molecule has 0 heterocycles. The van der Waals surface area contributed by atoms with Crippen LogP contribution in [0.3, 0.4) is 0 Å². The molecule has 0 N–H and O–H groups in total. The van der Waals surface area contributed by atoms with E-state index in [2.05, 4.69) is 26.0 Å². The van der Waals surface area contributed by atoms with Crippen molar-refractivity contribution in [2.45, 2.75) is 39.8 Å². The van der Waals surface area contributed by atoms with Crippen molar-refractivity contribution in [3.05, 3.63) is 71.3 Å². The highest BCUT2D eigenvalue weighted by molar-refractivity contribution is 5.94. The second-order valence-electron chi connectivity index (χ2n) is 5.54. The number of carbonyl (C=O) groups is 1. The first-order valence-corrected chi connectivity index (χ1v) is 7.53. The largest absolute Gasteiger partial charge is 0.332 e. The second kappa shape index (κ2) is 7.07. The van der Waals surface area contributed by atoms with Crippen molar-refractivity contribution in [1.82, 2.24) is 4.90 Å². The summed E-state index contributed by atoms with van der Waals surface area (Å²) in [7, 11) is 0. The molecule has 2 rings (SSSR count). The molecule has 0 saturated heterocycles. The van der Waals surface area contributed by atoms with Gasteiger partial charge in [-0.1, -0.05) is 55.0 Å². The summed E-state index contributed by atoms with van der Waals surface area (Å²) in [6.45, 7) is 6.91. The van der Waals surface area contributed by atoms with Gasteiger partial charge in [0.05, 0.1) is 0 Å². The van der Waals surface area contributed by atoms with Gasteiger partial charge < -0.3 is 4.90 Å². The molecule has 2 nitrogen and oxygen atoms in total. The predicted octanol–water partition coefficient (Wildman–Crippen LogP) is 4.44. The summed E-state index contributed by atoms with van der Waals surface area (Å²) in [5.41, 5.74) is 3.10. The Kier molecular flexibility index (Phi) is 5.15. The minimum absolute atomic E-state index is 0.105. The molecule has 0 saturated carbocycles. The summed E-state index contributed by atoms with van der Waals surface area (Å²) in [5, 5.41) is 0. The summed E-state index contributed by atoms with van der Waals surface area (Å²) in [5.74, 6) is 0.105. The SMILES string of the molecule is CCC(C)N(Cc1ccccc1)C(=O)c1ccc(C)cc1. The minimum Gasteiger partial charge on any atom is -0.332 e. The molecule has 0 aliphatic rings. The van der Waals surface area contributed by atoms with E-state index >= 15 is 0 Å². The molecule has 1 amide bonds. The maximum atomic E-state index is 12.8. The average molecular weight is 281 g/mol. The van der Waals surface area contributed by atoms with Gasteiger partial charge in [0.15, 0.2) is 0 Å². The topological polar surface area (TPSA) is 20.3 Å². The molecule has 21 heavy (non-hydrogen) atoms. The minimum atomic E-state index is 0.105. The van der Waals surface area contributed by atoms with E-state index in [0.29, 0.717) is 6.54 Å². The normalized spacial score (nSPS) is 12.0. The Hall–Kier alpha value is -2.09. The van der Waals surface area contributed by atoms with E-state index in [0.717, 1.165) is 12.0 Å². The Morgan fingerprint density at radius 1 is 1.05 bits per heavy atom. The third-order valence-corrected chi connectivity index (χ3v) is 3.88. The predicted molar refractivity (Wildman–Crippen MR) is 87.2 cm³/mol. The lowest BCUT2D eigenvalue weighted by Crippen LogP contribution is -2.37. The number of hydrogen-bond donors (Lipinski definition) is 0. The van der Waals surface area contributed by atoms with Gasteiger partial charge in [-0.3, -0.25) is 4.79 Å². The van der Waals surface area contributed by atoms with Crippen LogP contribution in [0.15, 0.2) is 54.6 Å². The highest BCUT2D eigenvalue weighted by atomic mass is 16.2. The zero-order chi connectivity index (χ0) is 15.2. The first-order chi connectivity index (χ1) is 10.1. The van der Waals surface area contributed by atoms with E-state index < -0.39 is 0 Å². The van der Waals surface area contributed by atoms with Crippen molar-refractivity contribution >= 4 is 5.91 Å². The smallest absolute Gasteiger partial charge is 0.254 e. The zero-order valence-corrected chi connectivity index (χ0v) is 13.0. The van der Waals surface area contributed by atoms with E-state index in [1.165, 1.54) is 11.1 Å². The van der Waals surface area contributed by atoms with Crippen molar-refractivity contribution in [2.75, 3.05) is 0 Å². The third-order valence-electron chi connectivity index (χ3n) is 3.88. The molecule has 0 aliphatic carbocycles. The summed E-state index contributed by atoms with van der Waals surface area (Å²) in [6.07, 6.45) is 0.949. The van der Waals surface area contributed by atoms with Crippen LogP contribution in [0.2, 0.25) is 0 Å². The van der Waals surface area contributed by atoms with Crippen LogP contribution < -0.4 is 0 Å². The van der Waals surface area contributed by atoms with E-state index in [9.17, 15) is 4.79 Å². The Morgan fingerprint density at radius 2 is 1.67 bits per heavy atom. The fourth-order valence-electron chi connectivity index (χ4n) is 2.29. The molecule has 0 aliphatic heterocycles. The summed E-state index contributed by atoms with van der Waals surface area (Å²) >= 11 is 0. The maximum absolute atomic E-state index is 12.8. The zero-order valence-electron chi connectivity index (χ0n) is 13.0. The van der Waals surface area contributed by atoms with Gasteiger partial charge >= 0.3 is 0 Å². The number of nitrogens with zero attached hydrogens (tertiary/aromatic N) is 1. The first-order valence-electron chi connectivity index (χ1n) is 7.53. The molecule has 0 aromatic heterocycles. The van der Waals surface area contributed by atoms with Gasteiger partial charge in [0.2, 0.25) is 0 Å². The van der Waals surface area contributed by atoms with E-state index in [1.807, 2.05) is 54.3 Å². The van der Waals surface area contributed by atoms with Gasteiger partial charge in [-0.25, -0.2) is 0 Å². The lowest BCUT2D eigenvalue weighted by Gasteiger charge is -2.29. The number of benzene rings is 2.